The smallest absolute Gasteiger partial charge is 0.232 e. The average molecular weight is 286 g/mol. The molecule has 0 aliphatic carbocycles. The number of anilines is 1. The summed E-state index contributed by atoms with van der Waals surface area (Å²) in [5.74, 6) is 0.142. The van der Waals surface area contributed by atoms with E-state index in [0.717, 1.165) is 18.5 Å². The van der Waals surface area contributed by atoms with E-state index in [1.807, 2.05) is 19.2 Å². The molecule has 0 radical (unpaired) electrons. The van der Waals surface area contributed by atoms with Crippen molar-refractivity contribution < 1.29 is 13.2 Å². The first-order valence-electron chi connectivity index (χ1n) is 6.30. The van der Waals surface area contributed by atoms with E-state index in [2.05, 4.69) is 10.0 Å². The maximum Gasteiger partial charge on any atom is 0.232 e. The van der Waals surface area contributed by atoms with Crippen LogP contribution in [0, 0.1) is 0 Å². The minimum absolute atomic E-state index is 0.142. The molecule has 0 saturated heterocycles. The van der Waals surface area contributed by atoms with Gasteiger partial charge in [0, 0.05) is 12.8 Å². The molecule has 1 rings (SSSR count). The predicted octanol–water partition coefficient (Wildman–Crippen LogP) is 1.57. The highest BCUT2D eigenvalue weighted by molar-refractivity contribution is 7.92. The van der Waals surface area contributed by atoms with Gasteiger partial charge in [-0.15, -0.1) is 0 Å². The van der Waals surface area contributed by atoms with Crippen molar-refractivity contribution in [2.24, 2.45) is 0 Å². The fourth-order valence-corrected chi connectivity index (χ4v) is 2.89. The number of rotatable bonds is 9. The summed E-state index contributed by atoms with van der Waals surface area (Å²) in [6, 6.07) is 7.24. The van der Waals surface area contributed by atoms with Crippen molar-refractivity contribution in [2.45, 2.75) is 19.4 Å². The van der Waals surface area contributed by atoms with Gasteiger partial charge in [0.15, 0.2) is 0 Å². The normalized spacial score (nSPS) is 11.5. The van der Waals surface area contributed by atoms with E-state index >= 15 is 0 Å². The molecule has 1 aromatic carbocycles. The lowest BCUT2D eigenvalue weighted by atomic mass is 10.2. The van der Waals surface area contributed by atoms with Gasteiger partial charge in [-0.1, -0.05) is 12.1 Å². The summed E-state index contributed by atoms with van der Waals surface area (Å²) >= 11 is 0. The minimum Gasteiger partial charge on any atom is -0.380 e. The lowest BCUT2D eigenvalue weighted by molar-refractivity contribution is 0.185. The summed E-state index contributed by atoms with van der Waals surface area (Å²) < 4.78 is 31.3. The standard InChI is InChI=1S/C13H22N2O3S/c1-14-8-3-4-9-19(16,17)15-13-7-5-6-12(10-13)11-18-2/h5-7,10,14-15H,3-4,8-9,11H2,1-2H3. The summed E-state index contributed by atoms with van der Waals surface area (Å²) in [7, 11) is 0.200. The molecule has 0 spiro atoms. The predicted molar refractivity (Wildman–Crippen MR) is 77.7 cm³/mol. The fourth-order valence-electron chi connectivity index (χ4n) is 1.72. The van der Waals surface area contributed by atoms with Crippen molar-refractivity contribution in [1.82, 2.24) is 5.32 Å². The highest BCUT2D eigenvalue weighted by atomic mass is 32.2. The fraction of sp³-hybridized carbons (Fsp3) is 0.538. The summed E-state index contributed by atoms with van der Waals surface area (Å²) in [5.41, 5.74) is 1.53. The quantitative estimate of drug-likeness (QED) is 0.676. The second kappa shape index (κ2) is 8.14. The van der Waals surface area contributed by atoms with Gasteiger partial charge in [0.1, 0.15) is 0 Å². The number of hydrogen-bond donors (Lipinski definition) is 2. The molecular weight excluding hydrogens is 264 g/mol. The zero-order valence-corrected chi connectivity index (χ0v) is 12.3. The molecule has 0 unspecified atom stereocenters. The maximum absolute atomic E-state index is 11.9. The minimum atomic E-state index is -3.27. The van der Waals surface area contributed by atoms with Crippen LogP contribution in [0.3, 0.4) is 0 Å². The summed E-state index contributed by atoms with van der Waals surface area (Å²) in [6.45, 7) is 1.30. The van der Waals surface area contributed by atoms with Crippen LogP contribution in [0.15, 0.2) is 24.3 Å². The molecule has 0 aliphatic rings. The van der Waals surface area contributed by atoms with Gasteiger partial charge in [0.05, 0.1) is 12.4 Å². The van der Waals surface area contributed by atoms with Crippen molar-refractivity contribution in [1.29, 1.82) is 0 Å². The summed E-state index contributed by atoms with van der Waals surface area (Å²) in [6.07, 6.45) is 1.50. The van der Waals surface area contributed by atoms with Gasteiger partial charge in [0.25, 0.3) is 0 Å². The molecule has 19 heavy (non-hydrogen) atoms. The zero-order chi connectivity index (χ0) is 14.1. The molecule has 0 amide bonds. The molecule has 0 aliphatic heterocycles. The molecule has 0 aromatic heterocycles. The van der Waals surface area contributed by atoms with Crippen LogP contribution in [0.2, 0.25) is 0 Å². The molecule has 6 heteroatoms. The Morgan fingerprint density at radius 1 is 1.26 bits per heavy atom. The Kier molecular flexibility index (Phi) is 6.83. The van der Waals surface area contributed by atoms with Gasteiger partial charge < -0.3 is 10.1 Å². The van der Waals surface area contributed by atoms with Crippen molar-refractivity contribution in [3.8, 4) is 0 Å². The van der Waals surface area contributed by atoms with E-state index < -0.39 is 10.0 Å². The van der Waals surface area contributed by atoms with Crippen LogP contribution < -0.4 is 10.0 Å². The van der Waals surface area contributed by atoms with Gasteiger partial charge in [0.2, 0.25) is 10.0 Å². The second-order valence-corrected chi connectivity index (χ2v) is 6.21. The van der Waals surface area contributed by atoms with Gasteiger partial charge in [-0.3, -0.25) is 4.72 Å². The van der Waals surface area contributed by atoms with Gasteiger partial charge >= 0.3 is 0 Å². The van der Waals surface area contributed by atoms with Crippen LogP contribution in [0.5, 0.6) is 0 Å². The van der Waals surface area contributed by atoms with E-state index in [9.17, 15) is 8.42 Å². The topological polar surface area (TPSA) is 67.4 Å². The zero-order valence-electron chi connectivity index (χ0n) is 11.5. The summed E-state index contributed by atoms with van der Waals surface area (Å²) in [4.78, 5) is 0. The number of nitrogens with one attached hydrogen (secondary N) is 2. The van der Waals surface area contributed by atoms with Crippen molar-refractivity contribution >= 4 is 15.7 Å². The summed E-state index contributed by atoms with van der Waals surface area (Å²) in [5, 5.41) is 3.00. The third-order valence-electron chi connectivity index (χ3n) is 2.60. The van der Waals surface area contributed by atoms with Crippen molar-refractivity contribution in [3.63, 3.8) is 0 Å². The first-order valence-corrected chi connectivity index (χ1v) is 7.95. The third-order valence-corrected chi connectivity index (χ3v) is 3.97. The number of benzene rings is 1. The van der Waals surface area contributed by atoms with Crippen molar-refractivity contribution in [3.05, 3.63) is 29.8 Å². The lowest BCUT2D eigenvalue weighted by Gasteiger charge is -2.09. The van der Waals surface area contributed by atoms with E-state index in [4.69, 9.17) is 4.74 Å². The molecule has 0 fully saturated rings. The molecule has 0 saturated carbocycles. The Morgan fingerprint density at radius 3 is 2.74 bits per heavy atom. The van der Waals surface area contributed by atoms with Crippen LogP contribution in [0.4, 0.5) is 5.69 Å². The molecule has 1 aromatic rings. The Balaban J connectivity index is 2.54. The van der Waals surface area contributed by atoms with Crippen LogP contribution in [-0.4, -0.2) is 34.9 Å². The molecule has 0 bridgehead atoms. The first kappa shape index (κ1) is 15.9. The highest BCUT2D eigenvalue weighted by Gasteiger charge is 2.10. The molecule has 0 heterocycles. The Labute approximate surface area is 115 Å². The van der Waals surface area contributed by atoms with Gasteiger partial charge in [-0.05, 0) is 44.1 Å². The average Bonchev–Trinajstić information content (AvgIpc) is 2.35. The Morgan fingerprint density at radius 2 is 2.05 bits per heavy atom. The first-order chi connectivity index (χ1) is 9.07. The van der Waals surface area contributed by atoms with Crippen LogP contribution in [-0.2, 0) is 21.4 Å². The SMILES string of the molecule is CNCCCCS(=O)(=O)Nc1cccc(COC)c1. The number of methoxy groups -OCH3 is 1. The third kappa shape index (κ3) is 6.56. The largest absolute Gasteiger partial charge is 0.380 e. The van der Waals surface area contributed by atoms with Crippen LogP contribution in [0.25, 0.3) is 0 Å². The second-order valence-electron chi connectivity index (χ2n) is 4.36. The van der Waals surface area contributed by atoms with E-state index in [1.165, 1.54) is 0 Å². The molecule has 108 valence electrons. The lowest BCUT2D eigenvalue weighted by Crippen LogP contribution is -2.18. The highest BCUT2D eigenvalue weighted by Crippen LogP contribution is 2.13. The van der Waals surface area contributed by atoms with Crippen molar-refractivity contribution in [2.75, 3.05) is 31.2 Å². The molecular formula is C13H22N2O3S. The molecule has 2 N–H and O–H groups in total. The van der Waals surface area contributed by atoms with Gasteiger partial charge in [-0.2, -0.15) is 0 Å². The maximum atomic E-state index is 11.9. The Bertz CT molecular complexity index is 475. The molecule has 5 nitrogen and oxygen atoms in total. The monoisotopic (exact) mass is 286 g/mol. The van der Waals surface area contributed by atoms with Gasteiger partial charge in [-0.25, -0.2) is 8.42 Å². The number of ether oxygens (including phenoxy) is 1. The van der Waals surface area contributed by atoms with Crippen LogP contribution in [0.1, 0.15) is 18.4 Å². The van der Waals surface area contributed by atoms with E-state index in [-0.39, 0.29) is 5.75 Å². The van der Waals surface area contributed by atoms with E-state index in [1.54, 1.807) is 19.2 Å². The van der Waals surface area contributed by atoms with E-state index in [0.29, 0.717) is 18.7 Å². The molecule has 0 atom stereocenters. The number of hydrogen-bond acceptors (Lipinski definition) is 4. The Hall–Kier alpha value is -1.11. The number of unbranched alkanes of at least 4 members (excludes halogenated alkanes) is 1. The van der Waals surface area contributed by atoms with Crippen LogP contribution >= 0.6 is 0 Å². The number of sulfonamides is 1.